The molecule has 0 saturated heterocycles. The summed E-state index contributed by atoms with van der Waals surface area (Å²) >= 11 is 0. The van der Waals surface area contributed by atoms with Crippen molar-refractivity contribution in [1.82, 2.24) is 0 Å². The molecule has 13 rings (SSSR count). The predicted octanol–water partition coefficient (Wildman–Crippen LogP) is 19.9. The quantitative estimate of drug-likeness (QED) is 0.135. The van der Waals surface area contributed by atoms with Crippen LogP contribution in [-0.2, 0) is 10.8 Å². The number of para-hydroxylation sites is 2. The Bertz CT molecular complexity index is 3590. The van der Waals surface area contributed by atoms with Crippen LogP contribution in [0, 0.1) is 0 Å². The van der Waals surface area contributed by atoms with Crippen LogP contribution in [0.1, 0.15) is 49.9 Å². The van der Waals surface area contributed by atoms with Gasteiger partial charge >= 0.3 is 0 Å². The summed E-state index contributed by atoms with van der Waals surface area (Å²) in [7, 11) is 0. The van der Waals surface area contributed by atoms with E-state index in [1.165, 1.54) is 89.0 Å². The van der Waals surface area contributed by atoms with E-state index in [0.29, 0.717) is 0 Å². The van der Waals surface area contributed by atoms with Crippen molar-refractivity contribution >= 4 is 34.1 Å². The maximum absolute atomic E-state index is 2.42. The average molecular weight is 949 g/mol. The van der Waals surface area contributed by atoms with Crippen LogP contribution in [-0.4, -0.2) is 0 Å². The van der Waals surface area contributed by atoms with Gasteiger partial charge in [0.1, 0.15) is 0 Å². The molecule has 0 unspecified atom stereocenters. The minimum absolute atomic E-state index is 0.0750. The third kappa shape index (κ3) is 7.65. The number of rotatable bonds is 10. The fraction of sp³-hybridized carbons (Fsp3) is 0.0833. The summed E-state index contributed by atoms with van der Waals surface area (Å²) in [6.07, 6.45) is 0. The minimum Gasteiger partial charge on any atom is -0.308 e. The molecule has 0 fully saturated rings. The highest BCUT2D eigenvalue weighted by atomic mass is 15.2. The number of hydrogen-bond acceptors (Lipinski definition) is 2. The smallest absolute Gasteiger partial charge is 0.0702 e. The van der Waals surface area contributed by atoms with Crippen molar-refractivity contribution in [3.05, 3.63) is 289 Å². The molecule has 2 nitrogen and oxygen atoms in total. The highest BCUT2D eigenvalue weighted by molar-refractivity contribution is 5.93. The molecule has 0 N–H and O–H groups in total. The van der Waals surface area contributed by atoms with Crippen molar-refractivity contribution < 1.29 is 0 Å². The van der Waals surface area contributed by atoms with Gasteiger partial charge in [0.25, 0.3) is 0 Å². The molecule has 11 aromatic rings. The van der Waals surface area contributed by atoms with Gasteiger partial charge in [0.05, 0.1) is 11.4 Å². The normalized spacial score (nSPS) is 13.4. The third-order valence-corrected chi connectivity index (χ3v) is 15.9. The van der Waals surface area contributed by atoms with Crippen LogP contribution >= 0.6 is 0 Å². The van der Waals surface area contributed by atoms with Crippen molar-refractivity contribution in [2.45, 2.75) is 38.5 Å². The number of nitrogens with zero attached hydrogens (tertiary/aromatic N) is 2. The Labute approximate surface area is 436 Å². The standard InChI is InChI=1S/C72H56N2/c1-71(2)65-23-13-11-21-61(65)63-45-35-55(47-67(63)71)53-31-41-59(42-32-53)73(57-37-27-51(28-38-57)49-17-7-5-8-18-49)69-25-15-16-26-70(69)74(58-39-29-52(30-40-58)50-19-9-6-10-20-50)60-43-33-54(34-44-60)56-36-46-64-62-22-12-14-24-66(62)72(3,4)68(64)48-56/h5-48H,1-4H3. The maximum atomic E-state index is 2.42. The van der Waals surface area contributed by atoms with Crippen molar-refractivity contribution in [1.29, 1.82) is 0 Å². The first-order valence-corrected chi connectivity index (χ1v) is 25.9. The first kappa shape index (κ1) is 44.9. The first-order valence-electron chi connectivity index (χ1n) is 25.9. The van der Waals surface area contributed by atoms with Crippen LogP contribution in [0.2, 0.25) is 0 Å². The lowest BCUT2D eigenvalue weighted by molar-refractivity contribution is 0.660. The molecule has 11 aromatic carbocycles. The summed E-state index contributed by atoms with van der Waals surface area (Å²) in [5.74, 6) is 0. The Morgan fingerprint density at radius 2 is 0.473 bits per heavy atom. The van der Waals surface area contributed by atoms with Gasteiger partial charge in [-0.1, -0.05) is 222 Å². The van der Waals surface area contributed by atoms with Crippen molar-refractivity contribution in [2.24, 2.45) is 0 Å². The molecule has 0 amide bonds. The van der Waals surface area contributed by atoms with Gasteiger partial charge in [0.2, 0.25) is 0 Å². The molecular formula is C72H56N2. The summed E-state index contributed by atoms with van der Waals surface area (Å²) in [6.45, 7) is 9.41. The second kappa shape index (κ2) is 17.9. The van der Waals surface area contributed by atoms with Crippen LogP contribution in [0.4, 0.5) is 34.1 Å². The molecule has 0 saturated carbocycles. The maximum Gasteiger partial charge on any atom is 0.0702 e. The van der Waals surface area contributed by atoms with E-state index in [9.17, 15) is 0 Å². The summed E-state index contributed by atoms with van der Waals surface area (Å²) in [5, 5.41) is 0. The monoisotopic (exact) mass is 948 g/mol. The van der Waals surface area contributed by atoms with Gasteiger partial charge < -0.3 is 9.80 Å². The van der Waals surface area contributed by atoms with E-state index >= 15 is 0 Å². The van der Waals surface area contributed by atoms with Gasteiger partial charge in [0.15, 0.2) is 0 Å². The molecule has 2 aliphatic carbocycles. The van der Waals surface area contributed by atoms with Gasteiger partial charge in [-0.15, -0.1) is 0 Å². The second-order valence-electron chi connectivity index (χ2n) is 20.9. The van der Waals surface area contributed by atoms with E-state index < -0.39 is 0 Å². The van der Waals surface area contributed by atoms with Gasteiger partial charge in [-0.05, 0) is 162 Å². The Balaban J connectivity index is 0.924. The number of anilines is 6. The molecular weight excluding hydrogens is 893 g/mol. The first-order chi connectivity index (χ1) is 36.2. The van der Waals surface area contributed by atoms with E-state index in [0.717, 1.165) is 34.1 Å². The van der Waals surface area contributed by atoms with Gasteiger partial charge in [0, 0.05) is 33.6 Å². The molecule has 0 spiro atoms. The number of fused-ring (bicyclic) bond motifs is 6. The van der Waals surface area contributed by atoms with E-state index in [4.69, 9.17) is 0 Å². The highest BCUT2D eigenvalue weighted by Crippen LogP contribution is 2.52. The zero-order chi connectivity index (χ0) is 50.0. The Kier molecular flexibility index (Phi) is 10.9. The van der Waals surface area contributed by atoms with Gasteiger partial charge in [-0.3, -0.25) is 0 Å². The largest absolute Gasteiger partial charge is 0.308 e. The van der Waals surface area contributed by atoms with Crippen LogP contribution in [0.3, 0.4) is 0 Å². The molecule has 354 valence electrons. The average Bonchev–Trinajstić information content (AvgIpc) is 3.84. The van der Waals surface area contributed by atoms with Crippen LogP contribution < -0.4 is 9.80 Å². The molecule has 0 bridgehead atoms. The fourth-order valence-electron chi connectivity index (χ4n) is 11.9. The fourth-order valence-corrected chi connectivity index (χ4v) is 11.9. The van der Waals surface area contributed by atoms with Crippen molar-refractivity contribution in [3.8, 4) is 66.8 Å². The van der Waals surface area contributed by atoms with Crippen LogP contribution in [0.5, 0.6) is 0 Å². The number of benzene rings is 11. The summed E-state index contributed by atoms with van der Waals surface area (Å²) in [6, 6.07) is 98.2. The highest BCUT2D eigenvalue weighted by Gasteiger charge is 2.36. The molecule has 0 aliphatic heterocycles. The van der Waals surface area contributed by atoms with Gasteiger partial charge in [-0.25, -0.2) is 0 Å². The van der Waals surface area contributed by atoms with E-state index in [-0.39, 0.29) is 10.8 Å². The van der Waals surface area contributed by atoms with Crippen LogP contribution in [0.25, 0.3) is 66.8 Å². The second-order valence-corrected chi connectivity index (χ2v) is 20.9. The Morgan fingerprint density at radius 3 is 0.824 bits per heavy atom. The summed E-state index contributed by atoms with van der Waals surface area (Å²) in [4.78, 5) is 4.83. The van der Waals surface area contributed by atoms with Crippen LogP contribution in [0.15, 0.2) is 267 Å². The van der Waals surface area contributed by atoms with E-state index in [2.05, 4.69) is 304 Å². The Morgan fingerprint density at radius 1 is 0.216 bits per heavy atom. The zero-order valence-corrected chi connectivity index (χ0v) is 42.3. The lowest BCUT2D eigenvalue weighted by Gasteiger charge is -2.33. The van der Waals surface area contributed by atoms with Crippen molar-refractivity contribution in [3.63, 3.8) is 0 Å². The third-order valence-electron chi connectivity index (χ3n) is 15.9. The molecule has 0 aromatic heterocycles. The molecule has 2 aliphatic rings. The lowest BCUT2D eigenvalue weighted by atomic mass is 9.81. The topological polar surface area (TPSA) is 6.48 Å². The molecule has 2 heteroatoms. The molecule has 74 heavy (non-hydrogen) atoms. The summed E-state index contributed by atoms with van der Waals surface area (Å²) in [5.41, 5.74) is 26.7. The summed E-state index contributed by atoms with van der Waals surface area (Å²) < 4.78 is 0. The molecule has 0 heterocycles. The van der Waals surface area contributed by atoms with E-state index in [1.54, 1.807) is 0 Å². The van der Waals surface area contributed by atoms with Crippen molar-refractivity contribution in [2.75, 3.05) is 9.80 Å². The lowest BCUT2D eigenvalue weighted by Crippen LogP contribution is -2.17. The van der Waals surface area contributed by atoms with E-state index in [1.807, 2.05) is 0 Å². The number of hydrogen-bond donors (Lipinski definition) is 0. The zero-order valence-electron chi connectivity index (χ0n) is 42.3. The molecule has 0 atom stereocenters. The predicted molar refractivity (Wildman–Crippen MR) is 313 cm³/mol. The SMILES string of the molecule is CC1(C)c2ccccc2-c2ccc(-c3ccc(N(c4ccc(-c5ccccc5)cc4)c4ccccc4N(c4ccc(-c5ccccc5)cc4)c4ccc(-c5ccc6c(c5)C(C)(C)c5ccccc5-6)cc4)cc3)cc21. The Hall–Kier alpha value is -8.98. The molecule has 0 radical (unpaired) electrons. The van der Waals surface area contributed by atoms with Gasteiger partial charge in [-0.2, -0.15) is 0 Å². The minimum atomic E-state index is -0.0750.